The van der Waals surface area contributed by atoms with Crippen molar-refractivity contribution in [1.29, 1.82) is 0 Å². The Labute approximate surface area is 251 Å². The number of nitrogens with one attached hydrogen (secondary N) is 1. The van der Waals surface area contributed by atoms with Crippen LogP contribution in [0.4, 0.5) is 11.4 Å². The number of nitro benzene ring substituents is 1. The van der Waals surface area contributed by atoms with E-state index in [1.807, 2.05) is 0 Å². The van der Waals surface area contributed by atoms with E-state index in [1.165, 1.54) is 35.2 Å². The number of methoxy groups -OCH3 is 1. The van der Waals surface area contributed by atoms with Gasteiger partial charge < -0.3 is 15.0 Å². The highest BCUT2D eigenvalue weighted by molar-refractivity contribution is 7.92. The summed E-state index contributed by atoms with van der Waals surface area (Å²) in [5.41, 5.74) is 0.351. The number of hydrogen-bond acceptors (Lipinski definition) is 7. The molecular weight excluding hydrogens is 572 g/mol. The first-order valence-electron chi connectivity index (χ1n) is 14.2. The van der Waals surface area contributed by atoms with E-state index >= 15 is 0 Å². The van der Waals surface area contributed by atoms with Gasteiger partial charge in [-0.3, -0.25) is 24.0 Å². The van der Waals surface area contributed by atoms with Crippen molar-refractivity contribution >= 4 is 33.2 Å². The molecule has 1 aliphatic carbocycles. The van der Waals surface area contributed by atoms with Gasteiger partial charge in [0.15, 0.2) is 0 Å². The topological polar surface area (TPSA) is 139 Å². The largest absolute Gasteiger partial charge is 0.497 e. The minimum Gasteiger partial charge on any atom is -0.497 e. The first-order chi connectivity index (χ1) is 20.6. The Hall–Kier alpha value is -4.45. The minimum atomic E-state index is -4.33. The predicted molar refractivity (Wildman–Crippen MR) is 162 cm³/mol. The quantitative estimate of drug-likeness (QED) is 0.220. The van der Waals surface area contributed by atoms with E-state index in [0.717, 1.165) is 36.1 Å². The van der Waals surface area contributed by atoms with Crippen LogP contribution in [0, 0.1) is 10.1 Å². The molecule has 0 spiro atoms. The lowest BCUT2D eigenvalue weighted by Crippen LogP contribution is -2.53. The number of carbonyl (C=O) groups excluding carboxylic acids is 2. The van der Waals surface area contributed by atoms with E-state index in [-0.39, 0.29) is 34.8 Å². The second kappa shape index (κ2) is 14.1. The molecule has 1 aliphatic rings. The molecule has 0 heterocycles. The lowest BCUT2D eigenvalue weighted by molar-refractivity contribution is -0.384. The molecule has 1 N–H and O–H groups in total. The highest BCUT2D eigenvalue weighted by atomic mass is 32.2. The van der Waals surface area contributed by atoms with Crippen LogP contribution in [0.25, 0.3) is 0 Å². The zero-order valence-electron chi connectivity index (χ0n) is 24.2. The Bertz CT molecular complexity index is 1530. The monoisotopic (exact) mass is 608 g/mol. The number of rotatable bonds is 13. The third kappa shape index (κ3) is 7.69. The molecule has 228 valence electrons. The molecule has 1 saturated carbocycles. The number of benzene rings is 3. The summed E-state index contributed by atoms with van der Waals surface area (Å²) in [5, 5.41) is 14.6. The van der Waals surface area contributed by atoms with Gasteiger partial charge in [-0.05, 0) is 55.2 Å². The summed E-state index contributed by atoms with van der Waals surface area (Å²) >= 11 is 0. The van der Waals surface area contributed by atoms with Gasteiger partial charge in [0.05, 0.1) is 22.6 Å². The molecule has 2 amide bonds. The van der Waals surface area contributed by atoms with Crippen LogP contribution in [0.3, 0.4) is 0 Å². The van der Waals surface area contributed by atoms with Gasteiger partial charge in [0.2, 0.25) is 11.8 Å². The SMILES string of the molecule is CC[C@H](C(=O)NC1CCCC1)N(Cc1ccc(OC)cc1)C(=O)CN(c1cccc([N+](=O)[O-])c1)S(=O)(=O)c1ccccc1. The molecular formula is C31H36N4O7S. The Morgan fingerprint density at radius 3 is 2.30 bits per heavy atom. The summed E-state index contributed by atoms with van der Waals surface area (Å²) in [4.78, 5) is 39.9. The summed E-state index contributed by atoms with van der Waals surface area (Å²) in [6, 6.07) is 18.9. The number of carbonyl (C=O) groups is 2. The van der Waals surface area contributed by atoms with E-state index in [1.54, 1.807) is 56.5 Å². The first kappa shape index (κ1) is 31.5. The molecule has 43 heavy (non-hydrogen) atoms. The van der Waals surface area contributed by atoms with E-state index < -0.39 is 33.4 Å². The van der Waals surface area contributed by atoms with Crippen LogP contribution in [0.5, 0.6) is 5.75 Å². The van der Waals surface area contributed by atoms with Crippen molar-refractivity contribution < 1.29 is 27.7 Å². The van der Waals surface area contributed by atoms with Crippen molar-refractivity contribution in [3.63, 3.8) is 0 Å². The van der Waals surface area contributed by atoms with Gasteiger partial charge in [0.1, 0.15) is 18.3 Å². The number of anilines is 1. The average molecular weight is 609 g/mol. The molecule has 0 aliphatic heterocycles. The average Bonchev–Trinajstić information content (AvgIpc) is 3.53. The number of sulfonamides is 1. The van der Waals surface area contributed by atoms with E-state index in [9.17, 15) is 28.1 Å². The fraction of sp³-hybridized carbons (Fsp3) is 0.355. The van der Waals surface area contributed by atoms with Gasteiger partial charge >= 0.3 is 0 Å². The smallest absolute Gasteiger partial charge is 0.271 e. The molecule has 3 aromatic rings. The second-order valence-electron chi connectivity index (χ2n) is 10.4. The number of nitro groups is 1. The summed E-state index contributed by atoms with van der Waals surface area (Å²) in [5.74, 6) is -0.308. The number of ether oxygens (including phenoxy) is 1. The third-order valence-corrected chi connectivity index (χ3v) is 9.33. The van der Waals surface area contributed by atoms with Crippen LogP contribution in [-0.4, -0.2) is 55.8 Å². The maximum Gasteiger partial charge on any atom is 0.271 e. The zero-order chi connectivity index (χ0) is 31.0. The molecule has 1 atom stereocenters. The summed E-state index contributed by atoms with van der Waals surface area (Å²) in [7, 11) is -2.79. The zero-order valence-corrected chi connectivity index (χ0v) is 25.0. The Morgan fingerprint density at radius 1 is 1.02 bits per heavy atom. The van der Waals surface area contributed by atoms with Gasteiger partial charge in [-0.25, -0.2) is 8.42 Å². The number of nitrogens with zero attached hydrogens (tertiary/aromatic N) is 3. The van der Waals surface area contributed by atoms with Crippen LogP contribution in [0.2, 0.25) is 0 Å². The Balaban J connectivity index is 1.73. The summed E-state index contributed by atoms with van der Waals surface area (Å²) in [6.07, 6.45) is 4.06. The van der Waals surface area contributed by atoms with E-state index in [2.05, 4.69) is 5.32 Å². The standard InChI is InChI=1S/C31H36N4O7S/c1-3-29(31(37)32-24-10-7-8-11-24)33(21-23-16-18-27(42-2)19-17-23)30(36)22-34(25-12-9-13-26(20-25)35(38)39)43(40,41)28-14-5-4-6-15-28/h4-6,9,12-20,24,29H,3,7-8,10-11,21-22H2,1-2H3,(H,32,37)/t29-/m1/s1. The molecule has 0 unspecified atom stereocenters. The minimum absolute atomic E-state index is 0.0271. The lowest BCUT2D eigenvalue weighted by Gasteiger charge is -2.33. The second-order valence-corrected chi connectivity index (χ2v) is 12.2. The Kier molecular flexibility index (Phi) is 10.4. The van der Waals surface area contributed by atoms with Crippen molar-refractivity contribution in [2.75, 3.05) is 18.0 Å². The highest BCUT2D eigenvalue weighted by Gasteiger charge is 2.35. The summed E-state index contributed by atoms with van der Waals surface area (Å²) in [6.45, 7) is 1.15. The fourth-order valence-electron chi connectivity index (χ4n) is 5.22. The molecule has 0 saturated heterocycles. The number of non-ortho nitro benzene ring substituents is 1. The van der Waals surface area contributed by atoms with Crippen LogP contribution < -0.4 is 14.4 Å². The molecule has 1 fully saturated rings. The maximum absolute atomic E-state index is 14.2. The molecule has 0 bridgehead atoms. The number of amides is 2. The van der Waals surface area contributed by atoms with Crippen molar-refractivity contribution in [3.8, 4) is 5.75 Å². The molecule has 12 heteroatoms. The van der Waals surface area contributed by atoms with Crippen molar-refractivity contribution in [2.24, 2.45) is 0 Å². The predicted octanol–water partition coefficient (Wildman–Crippen LogP) is 4.66. The van der Waals surface area contributed by atoms with E-state index in [0.29, 0.717) is 17.7 Å². The molecule has 3 aromatic carbocycles. The van der Waals surface area contributed by atoms with Crippen LogP contribution >= 0.6 is 0 Å². The Morgan fingerprint density at radius 2 is 1.70 bits per heavy atom. The fourth-order valence-corrected chi connectivity index (χ4v) is 6.65. The van der Waals surface area contributed by atoms with Gasteiger partial charge in [-0.1, -0.05) is 56.2 Å². The first-order valence-corrected chi connectivity index (χ1v) is 15.6. The molecule has 0 aromatic heterocycles. The van der Waals surface area contributed by atoms with Crippen LogP contribution in [-0.2, 0) is 26.2 Å². The van der Waals surface area contributed by atoms with Crippen LogP contribution in [0.1, 0.15) is 44.6 Å². The lowest BCUT2D eigenvalue weighted by atomic mass is 10.1. The molecule has 0 radical (unpaired) electrons. The van der Waals surface area contributed by atoms with Crippen LogP contribution in [0.15, 0.2) is 83.8 Å². The van der Waals surface area contributed by atoms with Crippen molar-refractivity contribution in [3.05, 3.63) is 94.5 Å². The summed E-state index contributed by atoms with van der Waals surface area (Å²) < 4.78 is 33.9. The number of hydrogen-bond donors (Lipinski definition) is 1. The van der Waals surface area contributed by atoms with Gasteiger partial charge in [0, 0.05) is 24.7 Å². The normalized spacial score (nSPS) is 14.1. The van der Waals surface area contributed by atoms with Gasteiger partial charge in [0.25, 0.3) is 15.7 Å². The van der Waals surface area contributed by atoms with Crippen molar-refractivity contribution in [2.45, 2.75) is 62.6 Å². The molecule has 11 nitrogen and oxygen atoms in total. The van der Waals surface area contributed by atoms with Crippen molar-refractivity contribution in [1.82, 2.24) is 10.2 Å². The van der Waals surface area contributed by atoms with Gasteiger partial charge in [-0.15, -0.1) is 0 Å². The molecule has 4 rings (SSSR count). The van der Waals surface area contributed by atoms with Gasteiger partial charge in [-0.2, -0.15) is 0 Å². The maximum atomic E-state index is 14.2. The third-order valence-electron chi connectivity index (χ3n) is 7.54. The van der Waals surface area contributed by atoms with E-state index in [4.69, 9.17) is 4.74 Å². The highest BCUT2D eigenvalue weighted by Crippen LogP contribution is 2.28.